The van der Waals surface area contributed by atoms with Gasteiger partial charge in [-0.15, -0.1) is 0 Å². The topological polar surface area (TPSA) is 73.9 Å². The smallest absolute Gasteiger partial charge is 0.416 e. The fourth-order valence-corrected chi connectivity index (χ4v) is 2.44. The van der Waals surface area contributed by atoms with Crippen LogP contribution in [0.2, 0.25) is 0 Å². The molecule has 0 bridgehead atoms. The molecule has 28 heavy (non-hydrogen) atoms. The molecule has 1 aliphatic rings. The summed E-state index contributed by atoms with van der Waals surface area (Å²) in [7, 11) is 0. The Bertz CT molecular complexity index is 880. The highest BCUT2D eigenvalue weighted by atomic mass is 19.4. The standard InChI is InChI=1S/C19H16F3NO5/c1-11(28-18(25)12-2-4-13(5-3-12)19(20,21)22)17(24)23-14-6-7-15-16(10-14)27-9-8-26-15/h2-7,10-11H,8-9H2,1H3,(H,23,24). The molecule has 148 valence electrons. The van der Waals surface area contributed by atoms with Gasteiger partial charge < -0.3 is 19.5 Å². The minimum Gasteiger partial charge on any atom is -0.486 e. The Morgan fingerprint density at radius 3 is 2.32 bits per heavy atom. The Morgan fingerprint density at radius 2 is 1.68 bits per heavy atom. The first kappa shape index (κ1) is 19.5. The average Bonchev–Trinajstić information content (AvgIpc) is 2.67. The van der Waals surface area contributed by atoms with Crippen molar-refractivity contribution in [1.29, 1.82) is 0 Å². The number of hydrogen-bond acceptors (Lipinski definition) is 5. The number of hydrogen-bond donors (Lipinski definition) is 1. The second-order valence-electron chi connectivity index (χ2n) is 5.97. The maximum absolute atomic E-state index is 12.6. The van der Waals surface area contributed by atoms with Crippen molar-refractivity contribution in [3.8, 4) is 11.5 Å². The Kier molecular flexibility index (Phi) is 5.43. The van der Waals surface area contributed by atoms with Crippen molar-refractivity contribution in [3.63, 3.8) is 0 Å². The number of anilines is 1. The van der Waals surface area contributed by atoms with Gasteiger partial charge in [-0.25, -0.2) is 4.79 Å². The molecule has 6 nitrogen and oxygen atoms in total. The molecule has 1 aliphatic heterocycles. The second kappa shape index (κ2) is 7.79. The van der Waals surface area contributed by atoms with E-state index >= 15 is 0 Å². The van der Waals surface area contributed by atoms with Crippen molar-refractivity contribution in [2.24, 2.45) is 0 Å². The molecule has 0 aliphatic carbocycles. The van der Waals surface area contributed by atoms with E-state index in [0.717, 1.165) is 24.3 Å². The number of amides is 1. The van der Waals surface area contributed by atoms with Crippen LogP contribution in [0.3, 0.4) is 0 Å². The Balaban J connectivity index is 1.60. The molecule has 0 spiro atoms. The van der Waals surface area contributed by atoms with Crippen LogP contribution >= 0.6 is 0 Å². The monoisotopic (exact) mass is 395 g/mol. The molecule has 0 saturated carbocycles. The summed E-state index contributed by atoms with van der Waals surface area (Å²) in [5.41, 5.74) is -0.549. The molecule has 1 unspecified atom stereocenters. The second-order valence-corrected chi connectivity index (χ2v) is 5.97. The summed E-state index contributed by atoms with van der Waals surface area (Å²) in [5.74, 6) is -0.458. The maximum atomic E-state index is 12.6. The molecule has 2 aromatic rings. The van der Waals surface area contributed by atoms with Gasteiger partial charge in [0, 0.05) is 11.8 Å². The Labute approximate surface area is 158 Å². The number of alkyl halides is 3. The molecule has 9 heteroatoms. The van der Waals surface area contributed by atoms with E-state index in [4.69, 9.17) is 14.2 Å². The Morgan fingerprint density at radius 1 is 1.04 bits per heavy atom. The lowest BCUT2D eigenvalue weighted by Gasteiger charge is -2.19. The van der Waals surface area contributed by atoms with Crippen LogP contribution in [0.1, 0.15) is 22.8 Å². The highest BCUT2D eigenvalue weighted by Crippen LogP contribution is 2.32. The molecule has 1 amide bonds. The third-order valence-corrected chi connectivity index (χ3v) is 3.91. The molecule has 1 N–H and O–H groups in total. The van der Waals surface area contributed by atoms with Crippen molar-refractivity contribution in [1.82, 2.24) is 0 Å². The van der Waals surface area contributed by atoms with Gasteiger partial charge >= 0.3 is 12.1 Å². The van der Waals surface area contributed by atoms with Crippen molar-refractivity contribution in [2.45, 2.75) is 19.2 Å². The van der Waals surface area contributed by atoms with Gasteiger partial charge in [-0.2, -0.15) is 13.2 Å². The molecular weight excluding hydrogens is 379 g/mol. The average molecular weight is 395 g/mol. The lowest BCUT2D eigenvalue weighted by molar-refractivity contribution is -0.137. The molecule has 3 rings (SSSR count). The van der Waals surface area contributed by atoms with Crippen LogP contribution in [-0.4, -0.2) is 31.2 Å². The minimum absolute atomic E-state index is 0.0908. The van der Waals surface area contributed by atoms with E-state index in [1.54, 1.807) is 18.2 Å². The summed E-state index contributed by atoms with van der Waals surface area (Å²) < 4.78 is 53.5. The maximum Gasteiger partial charge on any atom is 0.416 e. The summed E-state index contributed by atoms with van der Waals surface area (Å²) in [6.45, 7) is 2.19. The zero-order valence-electron chi connectivity index (χ0n) is 14.7. The SMILES string of the molecule is CC(OC(=O)c1ccc(C(F)(F)F)cc1)C(=O)Nc1ccc2c(c1)OCCO2. The lowest BCUT2D eigenvalue weighted by Crippen LogP contribution is -2.30. The summed E-state index contributed by atoms with van der Waals surface area (Å²) in [6.07, 6.45) is -5.66. The zero-order valence-corrected chi connectivity index (χ0v) is 14.7. The number of esters is 1. The number of carbonyl (C=O) groups is 2. The molecule has 0 aromatic heterocycles. The van der Waals surface area contributed by atoms with Crippen LogP contribution in [0.5, 0.6) is 11.5 Å². The summed E-state index contributed by atoms with van der Waals surface area (Å²) in [6, 6.07) is 8.37. The number of nitrogens with one attached hydrogen (secondary N) is 1. The fraction of sp³-hybridized carbons (Fsp3) is 0.263. The first-order chi connectivity index (χ1) is 13.2. The highest BCUT2D eigenvalue weighted by Gasteiger charge is 2.30. The fourth-order valence-electron chi connectivity index (χ4n) is 2.44. The van der Waals surface area contributed by atoms with E-state index in [0.29, 0.717) is 30.4 Å². The van der Waals surface area contributed by atoms with Gasteiger partial charge in [-0.3, -0.25) is 4.79 Å². The van der Waals surface area contributed by atoms with Gasteiger partial charge in [0.15, 0.2) is 17.6 Å². The summed E-state index contributed by atoms with van der Waals surface area (Å²) in [4.78, 5) is 24.3. The molecule has 0 saturated heterocycles. The third-order valence-electron chi connectivity index (χ3n) is 3.91. The normalized spacial score (nSPS) is 14.1. The van der Waals surface area contributed by atoms with Crippen molar-refractivity contribution in [2.75, 3.05) is 18.5 Å². The lowest BCUT2D eigenvalue weighted by atomic mass is 10.1. The first-order valence-electron chi connectivity index (χ1n) is 8.33. The summed E-state index contributed by atoms with van der Waals surface area (Å²) in [5, 5.41) is 2.58. The van der Waals surface area contributed by atoms with Crippen LogP contribution in [-0.2, 0) is 15.7 Å². The van der Waals surface area contributed by atoms with Crippen LogP contribution < -0.4 is 14.8 Å². The first-order valence-corrected chi connectivity index (χ1v) is 8.33. The van der Waals surface area contributed by atoms with E-state index < -0.39 is 29.7 Å². The van der Waals surface area contributed by atoms with E-state index in [2.05, 4.69) is 5.32 Å². The van der Waals surface area contributed by atoms with Gasteiger partial charge in [-0.05, 0) is 43.3 Å². The van der Waals surface area contributed by atoms with Gasteiger partial charge in [0.2, 0.25) is 0 Å². The van der Waals surface area contributed by atoms with E-state index in [9.17, 15) is 22.8 Å². The number of ether oxygens (including phenoxy) is 3. The van der Waals surface area contributed by atoms with Crippen molar-refractivity contribution in [3.05, 3.63) is 53.6 Å². The largest absolute Gasteiger partial charge is 0.486 e. The molecule has 1 heterocycles. The predicted molar refractivity (Wildman–Crippen MR) is 92.4 cm³/mol. The molecular formula is C19H16F3NO5. The predicted octanol–water partition coefficient (Wildman–Crippen LogP) is 3.66. The van der Waals surface area contributed by atoms with Gasteiger partial charge in [-0.1, -0.05) is 0 Å². The molecule has 1 atom stereocenters. The summed E-state index contributed by atoms with van der Waals surface area (Å²) >= 11 is 0. The number of halogens is 3. The van der Waals surface area contributed by atoms with Gasteiger partial charge in [0.25, 0.3) is 5.91 Å². The minimum atomic E-state index is -4.50. The molecule has 0 radical (unpaired) electrons. The number of rotatable bonds is 4. The van der Waals surface area contributed by atoms with Crippen molar-refractivity contribution >= 4 is 17.6 Å². The van der Waals surface area contributed by atoms with E-state index in [-0.39, 0.29) is 5.56 Å². The highest BCUT2D eigenvalue weighted by molar-refractivity contribution is 5.97. The van der Waals surface area contributed by atoms with E-state index in [1.165, 1.54) is 6.92 Å². The number of benzene rings is 2. The molecule has 2 aromatic carbocycles. The van der Waals surface area contributed by atoms with Crippen LogP contribution in [0.25, 0.3) is 0 Å². The number of fused-ring (bicyclic) bond motifs is 1. The number of carbonyl (C=O) groups excluding carboxylic acids is 2. The van der Waals surface area contributed by atoms with E-state index in [1.807, 2.05) is 0 Å². The van der Waals surface area contributed by atoms with Crippen LogP contribution in [0, 0.1) is 0 Å². The van der Waals surface area contributed by atoms with Crippen LogP contribution in [0.4, 0.5) is 18.9 Å². The molecule has 0 fully saturated rings. The van der Waals surface area contributed by atoms with Crippen LogP contribution in [0.15, 0.2) is 42.5 Å². The van der Waals surface area contributed by atoms with Gasteiger partial charge in [0.1, 0.15) is 13.2 Å². The third kappa shape index (κ3) is 4.54. The quantitative estimate of drug-likeness (QED) is 0.800. The zero-order chi connectivity index (χ0) is 20.3. The Hall–Kier alpha value is -3.23. The van der Waals surface area contributed by atoms with Crippen molar-refractivity contribution < 1.29 is 37.0 Å². The van der Waals surface area contributed by atoms with Gasteiger partial charge in [0.05, 0.1) is 11.1 Å².